The van der Waals surface area contributed by atoms with Crippen LogP contribution in [0.15, 0.2) is 69.9 Å². The number of rotatable bonds is 6. The van der Waals surface area contributed by atoms with E-state index in [-0.39, 0.29) is 5.56 Å². The molecule has 0 N–H and O–H groups in total. The van der Waals surface area contributed by atoms with Crippen LogP contribution in [0, 0.1) is 0 Å². The Hall–Kier alpha value is -3.58. The Morgan fingerprint density at radius 3 is 2.19 bits per heavy atom. The normalized spacial score (nSPS) is 11.1. The number of fused-ring (bicyclic) bond motifs is 1. The molecule has 0 atom stereocenters. The van der Waals surface area contributed by atoms with Crippen molar-refractivity contribution in [2.75, 3.05) is 21.3 Å². The summed E-state index contributed by atoms with van der Waals surface area (Å²) in [5, 5.41) is 0.552. The lowest BCUT2D eigenvalue weighted by molar-refractivity contribution is 0.348. The zero-order valence-electron chi connectivity index (χ0n) is 17.8. The van der Waals surface area contributed by atoms with Crippen molar-refractivity contribution in [1.29, 1.82) is 0 Å². The smallest absolute Gasteiger partial charge is 0.266 e. The minimum absolute atomic E-state index is 0.142. The molecule has 7 heteroatoms. The monoisotopic (exact) mass is 492 g/mol. The summed E-state index contributed by atoms with van der Waals surface area (Å²) < 4.78 is 18.8. The van der Waals surface area contributed by atoms with Gasteiger partial charge in [-0.25, -0.2) is 4.98 Å². The van der Waals surface area contributed by atoms with Crippen LogP contribution >= 0.6 is 15.9 Å². The number of para-hydroxylation sites is 1. The third kappa shape index (κ3) is 4.11. The lowest BCUT2D eigenvalue weighted by Crippen LogP contribution is -2.22. The standard InChI is InChI=1S/C25H21BrN2O4/c1-30-21-15-23(32-3)22(31-2)14-16(21)8-13-24-27-20-7-5-4-6-19(20)25(29)28(24)18-11-9-17(26)10-12-18/h4-15H,1-3H3/b13-8+. The quantitative estimate of drug-likeness (QED) is 0.363. The van der Waals surface area contributed by atoms with Crippen LogP contribution < -0.4 is 19.8 Å². The molecule has 0 bridgehead atoms. The number of halogens is 1. The maximum absolute atomic E-state index is 13.4. The summed E-state index contributed by atoms with van der Waals surface area (Å²) in [5.41, 5.74) is 1.96. The van der Waals surface area contributed by atoms with Crippen molar-refractivity contribution in [1.82, 2.24) is 9.55 Å². The van der Waals surface area contributed by atoms with Crippen LogP contribution in [0.3, 0.4) is 0 Å². The van der Waals surface area contributed by atoms with Gasteiger partial charge in [0.15, 0.2) is 11.5 Å². The van der Waals surface area contributed by atoms with Crippen LogP contribution in [0.4, 0.5) is 0 Å². The van der Waals surface area contributed by atoms with E-state index in [9.17, 15) is 4.79 Å². The summed E-state index contributed by atoms with van der Waals surface area (Å²) in [6, 6.07) is 18.4. The van der Waals surface area contributed by atoms with Crippen LogP contribution in [0.25, 0.3) is 28.7 Å². The van der Waals surface area contributed by atoms with E-state index in [0.29, 0.717) is 34.0 Å². The fraction of sp³-hybridized carbons (Fsp3) is 0.120. The first-order chi connectivity index (χ1) is 15.5. The second kappa shape index (κ2) is 9.28. The number of methoxy groups -OCH3 is 3. The molecule has 1 heterocycles. The lowest BCUT2D eigenvalue weighted by Gasteiger charge is -2.13. The van der Waals surface area contributed by atoms with E-state index in [2.05, 4.69) is 15.9 Å². The van der Waals surface area contributed by atoms with Gasteiger partial charge in [-0.2, -0.15) is 0 Å². The fourth-order valence-corrected chi connectivity index (χ4v) is 3.71. The number of nitrogens with zero attached hydrogens (tertiary/aromatic N) is 2. The van der Waals surface area contributed by atoms with Crippen molar-refractivity contribution in [2.45, 2.75) is 0 Å². The first-order valence-corrected chi connectivity index (χ1v) is 10.6. The summed E-state index contributed by atoms with van der Waals surface area (Å²) in [6.07, 6.45) is 3.63. The molecular formula is C25H21BrN2O4. The third-order valence-electron chi connectivity index (χ3n) is 5.03. The molecule has 0 radical (unpaired) electrons. The van der Waals surface area contributed by atoms with Crippen molar-refractivity contribution in [3.05, 3.63) is 86.9 Å². The van der Waals surface area contributed by atoms with E-state index in [1.54, 1.807) is 44.1 Å². The minimum Gasteiger partial charge on any atom is -0.496 e. The highest BCUT2D eigenvalue weighted by Crippen LogP contribution is 2.35. The molecule has 32 heavy (non-hydrogen) atoms. The molecule has 162 valence electrons. The van der Waals surface area contributed by atoms with Gasteiger partial charge in [0.1, 0.15) is 11.6 Å². The summed E-state index contributed by atoms with van der Waals surface area (Å²) in [5.74, 6) is 2.24. The Kier molecular flexibility index (Phi) is 6.28. The number of hydrogen-bond acceptors (Lipinski definition) is 5. The Labute approximate surface area is 193 Å². The summed E-state index contributed by atoms with van der Waals surface area (Å²) in [7, 11) is 4.74. The second-order valence-electron chi connectivity index (χ2n) is 6.89. The molecule has 4 aromatic rings. The van der Waals surface area contributed by atoms with Crippen molar-refractivity contribution in [3.63, 3.8) is 0 Å². The predicted molar refractivity (Wildman–Crippen MR) is 130 cm³/mol. The second-order valence-corrected chi connectivity index (χ2v) is 7.80. The molecule has 0 unspecified atom stereocenters. The van der Waals surface area contributed by atoms with E-state index in [1.165, 1.54) is 0 Å². The van der Waals surface area contributed by atoms with E-state index >= 15 is 0 Å². The minimum atomic E-state index is -0.142. The van der Waals surface area contributed by atoms with Gasteiger partial charge in [-0.15, -0.1) is 0 Å². The largest absolute Gasteiger partial charge is 0.496 e. The molecule has 0 saturated carbocycles. The van der Waals surface area contributed by atoms with Gasteiger partial charge in [0.25, 0.3) is 5.56 Å². The van der Waals surface area contributed by atoms with Gasteiger partial charge in [-0.1, -0.05) is 28.1 Å². The zero-order valence-corrected chi connectivity index (χ0v) is 19.4. The van der Waals surface area contributed by atoms with Gasteiger partial charge in [0, 0.05) is 16.1 Å². The Bertz CT molecular complexity index is 1360. The molecule has 0 fully saturated rings. The Balaban J connectivity index is 1.91. The number of aromatic nitrogens is 2. The van der Waals surface area contributed by atoms with E-state index < -0.39 is 0 Å². The molecule has 3 aromatic carbocycles. The molecule has 0 saturated heterocycles. The third-order valence-corrected chi connectivity index (χ3v) is 5.56. The van der Waals surface area contributed by atoms with Crippen LogP contribution in [0.1, 0.15) is 11.4 Å². The van der Waals surface area contributed by atoms with Crippen molar-refractivity contribution in [3.8, 4) is 22.9 Å². The summed E-state index contributed by atoms with van der Waals surface area (Å²) in [4.78, 5) is 18.1. The molecule has 0 aliphatic rings. The lowest BCUT2D eigenvalue weighted by atomic mass is 10.1. The molecule has 0 aliphatic heterocycles. The van der Waals surface area contributed by atoms with Crippen LogP contribution in [0.2, 0.25) is 0 Å². The highest BCUT2D eigenvalue weighted by molar-refractivity contribution is 9.10. The molecule has 4 rings (SSSR count). The topological polar surface area (TPSA) is 62.6 Å². The Morgan fingerprint density at radius 1 is 0.844 bits per heavy atom. The van der Waals surface area contributed by atoms with Crippen molar-refractivity contribution >= 4 is 39.0 Å². The van der Waals surface area contributed by atoms with E-state index in [0.717, 1.165) is 15.7 Å². The zero-order chi connectivity index (χ0) is 22.7. The molecule has 1 aromatic heterocycles. The number of ether oxygens (including phenoxy) is 3. The maximum Gasteiger partial charge on any atom is 0.266 e. The highest BCUT2D eigenvalue weighted by Gasteiger charge is 2.13. The van der Waals surface area contributed by atoms with Gasteiger partial charge in [0.05, 0.1) is 37.9 Å². The molecular weight excluding hydrogens is 472 g/mol. The fourth-order valence-electron chi connectivity index (χ4n) is 3.45. The first-order valence-electron chi connectivity index (χ1n) is 9.81. The predicted octanol–water partition coefficient (Wildman–Crippen LogP) is 5.34. The molecule has 6 nitrogen and oxygen atoms in total. The highest BCUT2D eigenvalue weighted by atomic mass is 79.9. The van der Waals surface area contributed by atoms with Gasteiger partial charge in [-0.3, -0.25) is 9.36 Å². The SMILES string of the molecule is COc1cc(OC)c(OC)cc1/C=C/c1nc2ccccc2c(=O)n1-c1ccc(Br)cc1. The van der Waals surface area contributed by atoms with Crippen molar-refractivity contribution < 1.29 is 14.2 Å². The molecule has 0 amide bonds. The van der Waals surface area contributed by atoms with Gasteiger partial charge >= 0.3 is 0 Å². The van der Waals surface area contributed by atoms with E-state index in [1.807, 2.05) is 54.6 Å². The number of benzene rings is 3. The Morgan fingerprint density at radius 2 is 1.50 bits per heavy atom. The molecule has 0 aliphatic carbocycles. The van der Waals surface area contributed by atoms with Crippen LogP contribution in [0.5, 0.6) is 17.2 Å². The van der Waals surface area contributed by atoms with E-state index in [4.69, 9.17) is 19.2 Å². The summed E-state index contributed by atoms with van der Waals surface area (Å²) in [6.45, 7) is 0. The van der Waals surface area contributed by atoms with Crippen LogP contribution in [-0.4, -0.2) is 30.9 Å². The number of hydrogen-bond donors (Lipinski definition) is 0. The van der Waals surface area contributed by atoms with Gasteiger partial charge in [-0.05, 0) is 54.6 Å². The maximum atomic E-state index is 13.4. The van der Waals surface area contributed by atoms with Gasteiger partial charge < -0.3 is 14.2 Å². The summed E-state index contributed by atoms with van der Waals surface area (Å²) >= 11 is 3.44. The van der Waals surface area contributed by atoms with Gasteiger partial charge in [0.2, 0.25) is 0 Å². The van der Waals surface area contributed by atoms with Crippen LogP contribution in [-0.2, 0) is 0 Å². The average Bonchev–Trinajstić information content (AvgIpc) is 2.83. The first kappa shape index (κ1) is 21.6. The van der Waals surface area contributed by atoms with Crippen molar-refractivity contribution in [2.24, 2.45) is 0 Å². The average molecular weight is 493 g/mol. The molecule has 0 spiro atoms.